The number of hydrogen-bond donors (Lipinski definition) is 2. The molecule has 0 saturated carbocycles. The zero-order chi connectivity index (χ0) is 15.7. The van der Waals surface area contributed by atoms with Gasteiger partial charge in [-0.05, 0) is 43.3 Å². The lowest BCUT2D eigenvalue weighted by atomic mass is 10.1. The quantitative estimate of drug-likeness (QED) is 0.776. The van der Waals surface area contributed by atoms with Gasteiger partial charge in [0, 0.05) is 16.8 Å². The predicted molar refractivity (Wildman–Crippen MR) is 81.0 cm³/mol. The minimum atomic E-state index is -0.612. The summed E-state index contributed by atoms with van der Waals surface area (Å²) >= 11 is 0. The first-order chi connectivity index (χ1) is 10.5. The molecule has 22 heavy (non-hydrogen) atoms. The Labute approximate surface area is 125 Å². The lowest BCUT2D eigenvalue weighted by Crippen LogP contribution is -2.09. The molecule has 0 saturated heterocycles. The van der Waals surface area contributed by atoms with E-state index in [0.29, 0.717) is 23.2 Å². The topological polar surface area (TPSA) is 81.1 Å². The second-order valence-electron chi connectivity index (χ2n) is 4.96. The first-order valence-electron chi connectivity index (χ1n) is 6.72. The van der Waals surface area contributed by atoms with E-state index >= 15 is 0 Å². The molecule has 3 N–H and O–H groups in total. The Bertz CT molecular complexity index is 858. The van der Waals surface area contributed by atoms with Gasteiger partial charge in [-0.2, -0.15) is 0 Å². The summed E-state index contributed by atoms with van der Waals surface area (Å²) in [6, 6.07) is 9.48. The van der Waals surface area contributed by atoms with E-state index < -0.39 is 5.91 Å². The van der Waals surface area contributed by atoms with Crippen molar-refractivity contribution in [1.82, 2.24) is 4.98 Å². The summed E-state index contributed by atoms with van der Waals surface area (Å²) < 4.78 is 18.8. The minimum absolute atomic E-state index is 0.110. The van der Waals surface area contributed by atoms with Gasteiger partial charge >= 0.3 is 0 Å². The Hall–Kier alpha value is -2.89. The Morgan fingerprint density at radius 3 is 2.86 bits per heavy atom. The number of primary amides is 1. The van der Waals surface area contributed by atoms with Crippen LogP contribution < -0.4 is 11.1 Å². The van der Waals surface area contributed by atoms with Gasteiger partial charge in [0.2, 0.25) is 0 Å². The highest BCUT2D eigenvalue weighted by Gasteiger charge is 2.09. The zero-order valence-corrected chi connectivity index (χ0v) is 11.9. The monoisotopic (exact) mass is 299 g/mol. The molecule has 0 aliphatic heterocycles. The van der Waals surface area contributed by atoms with Gasteiger partial charge in [-0.15, -0.1) is 0 Å². The number of carbonyl (C=O) groups is 1. The van der Waals surface area contributed by atoms with Gasteiger partial charge in [0.05, 0.1) is 12.1 Å². The highest BCUT2D eigenvalue weighted by molar-refractivity contribution is 5.91. The summed E-state index contributed by atoms with van der Waals surface area (Å²) in [5.74, 6) is -0.264. The van der Waals surface area contributed by atoms with E-state index in [1.807, 2.05) is 13.0 Å². The van der Waals surface area contributed by atoms with Crippen molar-refractivity contribution < 1.29 is 13.6 Å². The molecule has 0 fully saturated rings. The van der Waals surface area contributed by atoms with Gasteiger partial charge in [-0.25, -0.2) is 4.39 Å². The normalized spacial score (nSPS) is 10.8. The molecular weight excluding hydrogens is 285 g/mol. The van der Waals surface area contributed by atoms with Crippen LogP contribution in [0.25, 0.3) is 10.9 Å². The van der Waals surface area contributed by atoms with E-state index in [0.717, 1.165) is 11.4 Å². The molecule has 6 heteroatoms. The fourth-order valence-electron chi connectivity index (χ4n) is 2.26. The molecule has 0 bridgehead atoms. The summed E-state index contributed by atoms with van der Waals surface area (Å²) in [4.78, 5) is 15.4. The van der Waals surface area contributed by atoms with E-state index in [1.165, 1.54) is 18.2 Å². The van der Waals surface area contributed by atoms with Crippen molar-refractivity contribution >= 4 is 22.5 Å². The number of furan rings is 1. The lowest BCUT2D eigenvalue weighted by molar-refractivity contribution is 0.0972. The predicted octanol–water partition coefficient (Wildman–Crippen LogP) is 2.99. The summed E-state index contributed by atoms with van der Waals surface area (Å²) in [7, 11) is 0. The third kappa shape index (κ3) is 2.76. The van der Waals surface area contributed by atoms with Crippen LogP contribution in [0.2, 0.25) is 0 Å². The number of rotatable bonds is 4. The smallest absolute Gasteiger partial charge is 0.284 e. The fraction of sp³-hybridized carbons (Fsp3) is 0.125. The van der Waals surface area contributed by atoms with Crippen molar-refractivity contribution in [3.63, 3.8) is 0 Å². The molecule has 1 amide bonds. The van der Waals surface area contributed by atoms with Crippen molar-refractivity contribution in [3.8, 4) is 0 Å². The molecule has 2 heterocycles. The maximum absolute atomic E-state index is 13.4. The van der Waals surface area contributed by atoms with Crippen LogP contribution in [0.4, 0.5) is 10.1 Å². The third-order valence-electron chi connectivity index (χ3n) is 3.26. The molecule has 2 aromatic heterocycles. The van der Waals surface area contributed by atoms with Gasteiger partial charge in [0.1, 0.15) is 11.6 Å². The number of nitrogens with zero attached hydrogens (tertiary/aromatic N) is 1. The maximum Gasteiger partial charge on any atom is 0.284 e. The van der Waals surface area contributed by atoms with Crippen molar-refractivity contribution in [2.45, 2.75) is 13.5 Å². The van der Waals surface area contributed by atoms with E-state index in [4.69, 9.17) is 10.2 Å². The van der Waals surface area contributed by atoms with E-state index in [1.54, 1.807) is 12.1 Å². The lowest BCUT2D eigenvalue weighted by Gasteiger charge is -2.10. The van der Waals surface area contributed by atoms with Crippen molar-refractivity contribution in [1.29, 1.82) is 0 Å². The van der Waals surface area contributed by atoms with Crippen LogP contribution in [0.3, 0.4) is 0 Å². The minimum Gasteiger partial charge on any atom is -0.454 e. The van der Waals surface area contributed by atoms with Gasteiger partial charge in [-0.3, -0.25) is 9.78 Å². The fourth-order valence-corrected chi connectivity index (χ4v) is 2.26. The van der Waals surface area contributed by atoms with Crippen molar-refractivity contribution in [2.75, 3.05) is 5.32 Å². The number of nitrogens with two attached hydrogens (primary N) is 1. The van der Waals surface area contributed by atoms with E-state index in [9.17, 15) is 9.18 Å². The highest BCUT2D eigenvalue weighted by atomic mass is 19.1. The summed E-state index contributed by atoms with van der Waals surface area (Å²) in [5.41, 5.74) is 7.42. The van der Waals surface area contributed by atoms with Crippen molar-refractivity contribution in [3.05, 3.63) is 59.4 Å². The molecule has 5 nitrogen and oxygen atoms in total. The van der Waals surface area contributed by atoms with Gasteiger partial charge in [0.25, 0.3) is 5.91 Å². The van der Waals surface area contributed by atoms with E-state index in [2.05, 4.69) is 10.3 Å². The molecule has 0 radical (unpaired) electrons. The molecule has 112 valence electrons. The number of pyridine rings is 1. The number of aromatic nitrogens is 1. The van der Waals surface area contributed by atoms with Crippen LogP contribution in [0, 0.1) is 12.7 Å². The average Bonchev–Trinajstić information content (AvgIpc) is 2.94. The maximum atomic E-state index is 13.4. The Morgan fingerprint density at radius 2 is 2.14 bits per heavy atom. The second-order valence-corrected chi connectivity index (χ2v) is 4.96. The number of carbonyl (C=O) groups excluding carboxylic acids is 1. The zero-order valence-electron chi connectivity index (χ0n) is 11.9. The third-order valence-corrected chi connectivity index (χ3v) is 3.26. The van der Waals surface area contributed by atoms with Crippen LogP contribution in [0.5, 0.6) is 0 Å². The number of fused-ring (bicyclic) bond motifs is 1. The molecule has 1 aromatic carbocycles. The summed E-state index contributed by atoms with van der Waals surface area (Å²) in [6.45, 7) is 2.22. The number of amides is 1. The van der Waals surface area contributed by atoms with Gasteiger partial charge in [-0.1, -0.05) is 0 Å². The highest BCUT2D eigenvalue weighted by Crippen LogP contribution is 2.24. The summed E-state index contributed by atoms with van der Waals surface area (Å²) in [6.07, 6.45) is 0. The molecule has 0 aliphatic rings. The largest absolute Gasteiger partial charge is 0.454 e. The average molecular weight is 299 g/mol. The van der Waals surface area contributed by atoms with Gasteiger partial charge in [0.15, 0.2) is 5.76 Å². The molecular formula is C16H14FN3O2. The number of halogens is 1. The van der Waals surface area contributed by atoms with Crippen LogP contribution in [0.1, 0.15) is 22.0 Å². The standard InChI is InChI=1S/C16H14FN3O2/c1-9-6-14(12-7-10(17)2-4-13(12)20-9)19-8-11-3-5-15(22-11)16(18)21/h2-7H,8H2,1H3,(H2,18,21)(H,19,20). The molecule has 3 rings (SSSR count). The number of benzene rings is 1. The second kappa shape index (κ2) is 5.48. The molecule has 0 spiro atoms. The number of anilines is 1. The SMILES string of the molecule is Cc1cc(NCc2ccc(C(N)=O)o2)c2cc(F)ccc2n1. The van der Waals surface area contributed by atoms with Crippen molar-refractivity contribution in [2.24, 2.45) is 5.73 Å². The van der Waals surface area contributed by atoms with E-state index in [-0.39, 0.29) is 11.6 Å². The van der Waals surface area contributed by atoms with Crippen LogP contribution in [0.15, 0.2) is 40.8 Å². The Morgan fingerprint density at radius 1 is 1.32 bits per heavy atom. The van der Waals surface area contributed by atoms with Crippen LogP contribution >= 0.6 is 0 Å². The molecule has 0 aliphatic carbocycles. The van der Waals surface area contributed by atoms with Gasteiger partial charge < -0.3 is 15.5 Å². The first-order valence-corrected chi connectivity index (χ1v) is 6.72. The number of hydrogen-bond acceptors (Lipinski definition) is 4. The molecule has 0 unspecified atom stereocenters. The Kier molecular flexibility index (Phi) is 3.50. The number of nitrogens with one attached hydrogen (secondary N) is 1. The summed E-state index contributed by atoms with van der Waals surface area (Å²) in [5, 5.41) is 3.86. The Balaban J connectivity index is 1.89. The van der Waals surface area contributed by atoms with Crippen LogP contribution in [-0.4, -0.2) is 10.9 Å². The first kappa shape index (κ1) is 14.1. The molecule has 0 atom stereocenters. The van der Waals surface area contributed by atoms with Crippen LogP contribution in [-0.2, 0) is 6.54 Å². The number of aryl methyl sites for hydroxylation is 1. The molecule has 3 aromatic rings.